The van der Waals surface area contributed by atoms with Crippen molar-refractivity contribution in [1.82, 2.24) is 5.32 Å². The molecular formula is C13H19FN2O2. The maximum absolute atomic E-state index is 12.7. The second-order valence-electron chi connectivity index (χ2n) is 4.00. The molecule has 2 N–H and O–H groups in total. The van der Waals surface area contributed by atoms with Crippen LogP contribution in [0.4, 0.5) is 10.1 Å². The van der Waals surface area contributed by atoms with Crippen molar-refractivity contribution >= 4 is 11.6 Å². The third-order valence-electron chi connectivity index (χ3n) is 2.31. The maximum Gasteiger partial charge on any atom is 0.238 e. The smallest absolute Gasteiger partial charge is 0.238 e. The number of ether oxygens (including phenoxy) is 1. The molecule has 1 unspecified atom stereocenters. The SMILES string of the molecule is CCOCC(C)NCC(=O)Nc1ccc(F)cc1. The lowest BCUT2D eigenvalue weighted by Gasteiger charge is -2.13. The molecule has 0 aromatic heterocycles. The van der Waals surface area contributed by atoms with Crippen molar-refractivity contribution in [2.75, 3.05) is 25.1 Å². The fourth-order valence-electron chi connectivity index (χ4n) is 1.36. The van der Waals surface area contributed by atoms with Crippen molar-refractivity contribution in [2.45, 2.75) is 19.9 Å². The van der Waals surface area contributed by atoms with E-state index in [-0.39, 0.29) is 24.3 Å². The molecule has 5 heteroatoms. The molecule has 1 amide bonds. The number of benzene rings is 1. The molecular weight excluding hydrogens is 235 g/mol. The van der Waals surface area contributed by atoms with Gasteiger partial charge in [0.15, 0.2) is 0 Å². The lowest BCUT2D eigenvalue weighted by atomic mass is 10.3. The Labute approximate surface area is 107 Å². The van der Waals surface area contributed by atoms with Crippen LogP contribution in [0.25, 0.3) is 0 Å². The number of anilines is 1. The highest BCUT2D eigenvalue weighted by Crippen LogP contribution is 2.07. The molecule has 0 spiro atoms. The van der Waals surface area contributed by atoms with Gasteiger partial charge in [-0.2, -0.15) is 0 Å². The Hall–Kier alpha value is -1.46. The summed E-state index contributed by atoms with van der Waals surface area (Å²) < 4.78 is 17.9. The van der Waals surface area contributed by atoms with Crippen molar-refractivity contribution in [3.05, 3.63) is 30.1 Å². The third-order valence-corrected chi connectivity index (χ3v) is 2.31. The van der Waals surface area contributed by atoms with E-state index >= 15 is 0 Å². The largest absolute Gasteiger partial charge is 0.380 e. The number of hydrogen-bond acceptors (Lipinski definition) is 3. The molecule has 0 aliphatic carbocycles. The van der Waals surface area contributed by atoms with Gasteiger partial charge in [-0.1, -0.05) is 0 Å². The average Bonchev–Trinajstić information content (AvgIpc) is 2.36. The summed E-state index contributed by atoms with van der Waals surface area (Å²) in [7, 11) is 0. The summed E-state index contributed by atoms with van der Waals surface area (Å²) in [5.74, 6) is -0.485. The van der Waals surface area contributed by atoms with E-state index in [2.05, 4.69) is 10.6 Å². The Bertz CT molecular complexity index is 368. The second-order valence-corrected chi connectivity index (χ2v) is 4.00. The molecule has 1 rings (SSSR count). The predicted molar refractivity (Wildman–Crippen MR) is 69.0 cm³/mol. The first kappa shape index (κ1) is 14.6. The molecule has 0 fully saturated rings. The van der Waals surface area contributed by atoms with Crippen LogP contribution >= 0.6 is 0 Å². The molecule has 1 aromatic carbocycles. The topological polar surface area (TPSA) is 50.4 Å². The zero-order chi connectivity index (χ0) is 13.4. The molecule has 0 aliphatic rings. The van der Waals surface area contributed by atoms with E-state index in [1.54, 1.807) is 0 Å². The van der Waals surface area contributed by atoms with Gasteiger partial charge in [0.25, 0.3) is 0 Å². The van der Waals surface area contributed by atoms with E-state index in [1.165, 1.54) is 24.3 Å². The molecule has 1 atom stereocenters. The molecule has 0 radical (unpaired) electrons. The maximum atomic E-state index is 12.7. The Morgan fingerprint density at radius 2 is 2.06 bits per heavy atom. The van der Waals surface area contributed by atoms with Gasteiger partial charge in [0, 0.05) is 18.3 Å². The summed E-state index contributed by atoms with van der Waals surface area (Å²) in [6, 6.07) is 5.78. The molecule has 18 heavy (non-hydrogen) atoms. The number of hydrogen-bond donors (Lipinski definition) is 2. The Kier molecular flexibility index (Phi) is 6.32. The molecule has 0 bridgehead atoms. The third kappa shape index (κ3) is 5.75. The van der Waals surface area contributed by atoms with E-state index < -0.39 is 0 Å². The van der Waals surface area contributed by atoms with E-state index in [0.29, 0.717) is 18.9 Å². The van der Waals surface area contributed by atoms with E-state index in [0.717, 1.165) is 0 Å². The zero-order valence-corrected chi connectivity index (χ0v) is 10.7. The normalized spacial score (nSPS) is 12.2. The van der Waals surface area contributed by atoms with E-state index in [9.17, 15) is 9.18 Å². The zero-order valence-electron chi connectivity index (χ0n) is 10.7. The van der Waals surface area contributed by atoms with Gasteiger partial charge in [-0.15, -0.1) is 0 Å². The molecule has 0 heterocycles. The van der Waals surface area contributed by atoms with E-state index in [1.807, 2.05) is 13.8 Å². The molecule has 0 saturated heterocycles. The van der Waals surface area contributed by atoms with Crippen LogP contribution in [0.15, 0.2) is 24.3 Å². The number of carbonyl (C=O) groups is 1. The minimum Gasteiger partial charge on any atom is -0.380 e. The van der Waals surface area contributed by atoms with Gasteiger partial charge in [0.1, 0.15) is 5.82 Å². The first-order valence-electron chi connectivity index (χ1n) is 5.98. The van der Waals surface area contributed by atoms with Gasteiger partial charge in [0.05, 0.1) is 13.2 Å². The number of carbonyl (C=O) groups excluding carboxylic acids is 1. The fraction of sp³-hybridized carbons (Fsp3) is 0.462. The van der Waals surface area contributed by atoms with Gasteiger partial charge in [0.2, 0.25) is 5.91 Å². The molecule has 100 valence electrons. The molecule has 4 nitrogen and oxygen atoms in total. The summed E-state index contributed by atoms with van der Waals surface area (Å²) in [4.78, 5) is 11.6. The highest BCUT2D eigenvalue weighted by Gasteiger charge is 2.05. The minimum absolute atomic E-state index is 0.115. The fourth-order valence-corrected chi connectivity index (χ4v) is 1.36. The summed E-state index contributed by atoms with van der Waals surface area (Å²) in [5, 5.41) is 5.71. The van der Waals surface area contributed by atoms with Crippen LogP contribution in [0, 0.1) is 5.82 Å². The highest BCUT2D eigenvalue weighted by atomic mass is 19.1. The van der Waals surface area contributed by atoms with Crippen LogP contribution in [0.3, 0.4) is 0 Å². The molecule has 0 aliphatic heterocycles. The standard InChI is InChI=1S/C13H19FN2O2/c1-3-18-9-10(2)15-8-13(17)16-12-6-4-11(14)5-7-12/h4-7,10,15H,3,8-9H2,1-2H3,(H,16,17). The molecule has 0 saturated carbocycles. The quantitative estimate of drug-likeness (QED) is 0.780. The van der Waals surface area contributed by atoms with Crippen molar-refractivity contribution in [3.8, 4) is 0 Å². The first-order valence-corrected chi connectivity index (χ1v) is 5.98. The predicted octanol–water partition coefficient (Wildman–Crippen LogP) is 1.78. The molecule has 1 aromatic rings. The first-order chi connectivity index (χ1) is 8.61. The monoisotopic (exact) mass is 254 g/mol. The minimum atomic E-state index is -0.323. The Balaban J connectivity index is 2.27. The van der Waals surface area contributed by atoms with Crippen LogP contribution in [0.1, 0.15) is 13.8 Å². The van der Waals surface area contributed by atoms with Crippen LogP contribution in [0.2, 0.25) is 0 Å². The summed E-state index contributed by atoms with van der Waals surface area (Å²) in [5.41, 5.74) is 0.584. The summed E-state index contributed by atoms with van der Waals surface area (Å²) >= 11 is 0. The van der Waals surface area contributed by atoms with Crippen LogP contribution in [0.5, 0.6) is 0 Å². The van der Waals surface area contributed by atoms with Crippen molar-refractivity contribution in [3.63, 3.8) is 0 Å². The summed E-state index contributed by atoms with van der Waals surface area (Å²) in [6.07, 6.45) is 0. The van der Waals surface area contributed by atoms with Crippen molar-refractivity contribution in [2.24, 2.45) is 0 Å². The second kappa shape index (κ2) is 7.79. The van der Waals surface area contributed by atoms with Gasteiger partial charge in [-0.3, -0.25) is 4.79 Å². The van der Waals surface area contributed by atoms with Crippen LogP contribution in [-0.2, 0) is 9.53 Å². The number of amides is 1. The van der Waals surface area contributed by atoms with Crippen LogP contribution in [-0.4, -0.2) is 31.7 Å². The number of nitrogens with one attached hydrogen (secondary N) is 2. The van der Waals surface area contributed by atoms with Gasteiger partial charge in [-0.05, 0) is 38.1 Å². The average molecular weight is 254 g/mol. The van der Waals surface area contributed by atoms with Crippen LogP contribution < -0.4 is 10.6 Å². The highest BCUT2D eigenvalue weighted by molar-refractivity contribution is 5.92. The number of halogens is 1. The lowest BCUT2D eigenvalue weighted by Crippen LogP contribution is -2.37. The van der Waals surface area contributed by atoms with Gasteiger partial charge < -0.3 is 15.4 Å². The van der Waals surface area contributed by atoms with Gasteiger partial charge >= 0.3 is 0 Å². The number of rotatable bonds is 7. The Morgan fingerprint density at radius 1 is 1.39 bits per heavy atom. The Morgan fingerprint density at radius 3 is 2.67 bits per heavy atom. The summed E-state index contributed by atoms with van der Waals surface area (Å²) in [6.45, 7) is 5.30. The van der Waals surface area contributed by atoms with E-state index in [4.69, 9.17) is 4.74 Å². The lowest BCUT2D eigenvalue weighted by molar-refractivity contribution is -0.115. The van der Waals surface area contributed by atoms with Gasteiger partial charge in [-0.25, -0.2) is 4.39 Å². The van der Waals surface area contributed by atoms with Crippen molar-refractivity contribution < 1.29 is 13.9 Å². The van der Waals surface area contributed by atoms with Crippen molar-refractivity contribution in [1.29, 1.82) is 0 Å².